The number of benzene rings is 3. The molecule has 1 nitrogen and oxygen atoms in total. The topological polar surface area (TPSA) is 3.88 Å². The van der Waals surface area contributed by atoms with Gasteiger partial charge in [-0.3, -0.25) is 0 Å². The first kappa shape index (κ1) is 28.3. The largest absolute Gasteiger partial charge is 0.231 e. The highest BCUT2D eigenvalue weighted by atomic mass is 32.1. The molecule has 0 amide bonds. The lowest BCUT2D eigenvalue weighted by molar-refractivity contribution is -0.736. The van der Waals surface area contributed by atoms with E-state index in [2.05, 4.69) is 146 Å². The number of hydrogen-bond acceptors (Lipinski definition) is 1. The molecule has 0 fully saturated rings. The molecule has 0 atom stereocenters. The molecule has 1 aliphatic carbocycles. The maximum atomic E-state index is 2.77. The highest BCUT2D eigenvalue weighted by molar-refractivity contribution is 7.20. The molecular weight excluding hydrogens is 543 g/mol. The fourth-order valence-corrected chi connectivity index (χ4v) is 11.7. The first-order valence-corrected chi connectivity index (χ1v) is 20.2. The molecule has 0 bridgehead atoms. The molecule has 0 saturated heterocycles. The van der Waals surface area contributed by atoms with Gasteiger partial charge in [-0.2, -0.15) is 4.57 Å². The van der Waals surface area contributed by atoms with Gasteiger partial charge in [0.15, 0.2) is 5.54 Å². The third-order valence-corrected chi connectivity index (χ3v) is 15.1. The second-order valence-corrected chi connectivity index (χ2v) is 22.9. The highest BCUT2D eigenvalue weighted by Crippen LogP contribution is 2.57. The monoisotopic (exact) mass is 590 g/mol. The molecule has 0 N–H and O–H groups in total. The van der Waals surface area contributed by atoms with Crippen molar-refractivity contribution in [2.24, 2.45) is 0 Å². The Labute approximate surface area is 258 Å². The molecule has 0 radical (unpaired) electrons. The number of rotatable bonds is 1. The van der Waals surface area contributed by atoms with Gasteiger partial charge in [-0.15, -0.1) is 11.3 Å². The molecule has 5 aromatic rings. The van der Waals surface area contributed by atoms with Gasteiger partial charge in [-0.25, -0.2) is 0 Å². The summed E-state index contributed by atoms with van der Waals surface area (Å²) in [6.45, 7) is 29.8. The van der Waals surface area contributed by atoms with E-state index in [-0.39, 0.29) is 21.8 Å². The number of aryl methyl sites for hydroxylation is 1. The smallest absolute Gasteiger partial charge is 0.184 e. The average Bonchev–Trinajstić information content (AvgIpc) is 3.32. The van der Waals surface area contributed by atoms with Gasteiger partial charge < -0.3 is 0 Å². The number of thiophene rings is 1. The molecular formula is C39H48NSSi+. The number of hydrogen-bond donors (Lipinski definition) is 0. The highest BCUT2D eigenvalue weighted by Gasteiger charge is 2.56. The Morgan fingerprint density at radius 1 is 0.738 bits per heavy atom. The normalized spacial score (nSPS) is 20.0. The molecule has 3 heteroatoms. The Bertz CT molecular complexity index is 1980. The van der Waals surface area contributed by atoms with E-state index in [0.29, 0.717) is 0 Å². The predicted octanol–water partition coefficient (Wildman–Crippen LogP) is 10.4. The lowest BCUT2D eigenvalue weighted by atomic mass is 9.63. The number of fused-ring (bicyclic) bond motifs is 12. The minimum atomic E-state index is -1.65. The third kappa shape index (κ3) is 3.50. The molecule has 42 heavy (non-hydrogen) atoms. The van der Waals surface area contributed by atoms with Crippen LogP contribution in [0.1, 0.15) is 89.8 Å². The lowest BCUT2D eigenvalue weighted by Crippen LogP contribution is -2.66. The first-order chi connectivity index (χ1) is 19.4. The number of aromatic nitrogens is 1. The Morgan fingerprint density at radius 2 is 1.38 bits per heavy atom. The minimum Gasteiger partial charge on any atom is -0.184 e. The lowest BCUT2D eigenvalue weighted by Gasteiger charge is -2.44. The predicted molar refractivity (Wildman–Crippen MR) is 188 cm³/mol. The van der Waals surface area contributed by atoms with Crippen molar-refractivity contribution in [3.63, 3.8) is 0 Å². The molecule has 3 heterocycles. The van der Waals surface area contributed by atoms with Gasteiger partial charge in [-0.1, -0.05) is 88.4 Å². The van der Waals surface area contributed by atoms with Gasteiger partial charge >= 0.3 is 0 Å². The van der Waals surface area contributed by atoms with Gasteiger partial charge in [0.1, 0.15) is 4.70 Å². The van der Waals surface area contributed by atoms with Crippen LogP contribution in [0.3, 0.4) is 0 Å². The number of nitrogens with zero attached hydrogens (tertiary/aromatic N) is 1. The maximum Gasteiger partial charge on any atom is 0.231 e. The van der Waals surface area contributed by atoms with Crippen LogP contribution in [0.4, 0.5) is 0 Å². The van der Waals surface area contributed by atoms with E-state index in [1.807, 2.05) is 0 Å². The Kier molecular flexibility index (Phi) is 5.63. The van der Waals surface area contributed by atoms with Gasteiger partial charge in [0.25, 0.3) is 0 Å². The Balaban J connectivity index is 1.81. The molecule has 0 unspecified atom stereocenters. The summed E-state index contributed by atoms with van der Waals surface area (Å²) >= 11 is 2.12. The molecule has 0 saturated carbocycles. The average molecular weight is 591 g/mol. The molecule has 7 rings (SSSR count). The summed E-state index contributed by atoms with van der Waals surface area (Å²) in [6, 6.07) is 19.2. The van der Waals surface area contributed by atoms with Gasteiger partial charge in [0.05, 0.1) is 24.4 Å². The Hall–Kier alpha value is -2.49. The van der Waals surface area contributed by atoms with E-state index >= 15 is 0 Å². The second-order valence-electron chi connectivity index (χ2n) is 16.8. The minimum absolute atomic E-state index is 0.0848. The van der Waals surface area contributed by atoms with Crippen LogP contribution in [0, 0.1) is 6.92 Å². The van der Waals surface area contributed by atoms with E-state index in [4.69, 9.17) is 0 Å². The zero-order valence-corrected chi connectivity index (χ0v) is 29.7. The molecule has 1 aliphatic heterocycles. The van der Waals surface area contributed by atoms with E-state index in [9.17, 15) is 0 Å². The van der Waals surface area contributed by atoms with Gasteiger partial charge in [0, 0.05) is 30.2 Å². The summed E-state index contributed by atoms with van der Waals surface area (Å²) < 4.78 is 4.28. The van der Waals surface area contributed by atoms with Crippen LogP contribution >= 0.6 is 11.3 Å². The maximum absolute atomic E-state index is 2.77. The summed E-state index contributed by atoms with van der Waals surface area (Å²) in [5.41, 5.74) is 8.91. The van der Waals surface area contributed by atoms with Crippen molar-refractivity contribution in [3.05, 3.63) is 70.1 Å². The third-order valence-electron chi connectivity index (χ3n) is 11.5. The fraction of sp³-hybridized carbons (Fsp3) is 0.462. The Morgan fingerprint density at radius 3 is 2.05 bits per heavy atom. The SMILES string of the molecule is Cc1ccc2c(c1)c1c3c(sc1c1[n+]2C(C)(C)C(C)(C)c2c-1cc([Si](C)(C)C)c1ccccc21)C(C)(C)CCC3(C)C. The summed E-state index contributed by atoms with van der Waals surface area (Å²) in [4.78, 5) is 1.61. The van der Waals surface area contributed by atoms with Crippen molar-refractivity contribution >= 4 is 56.4 Å². The van der Waals surface area contributed by atoms with Crippen molar-refractivity contribution < 1.29 is 4.57 Å². The van der Waals surface area contributed by atoms with Crippen LogP contribution in [-0.2, 0) is 21.8 Å². The standard InChI is InChI=1S/C39H48NSSi/c1-23-17-18-28-26(21-23)30-32-35(37(4,5)20-19-36(32,2)3)41-34(30)33-27-22-29(42(10,11)12)24-15-13-14-16-25(24)31(27)38(6,7)39(8,9)40(28)33/h13-18,21-22H,19-20H2,1-12H3/q+1. The second kappa shape index (κ2) is 8.36. The van der Waals surface area contributed by atoms with Crippen molar-refractivity contribution in [2.75, 3.05) is 0 Å². The zero-order valence-electron chi connectivity index (χ0n) is 27.9. The van der Waals surface area contributed by atoms with Crippen LogP contribution in [0.15, 0.2) is 48.5 Å². The molecule has 3 aromatic carbocycles. The first-order valence-electron chi connectivity index (χ1n) is 15.9. The van der Waals surface area contributed by atoms with E-state index in [1.165, 1.54) is 67.0 Å². The van der Waals surface area contributed by atoms with Crippen LogP contribution in [0.5, 0.6) is 0 Å². The summed E-state index contributed by atoms with van der Waals surface area (Å²) in [5, 5.41) is 7.47. The molecule has 2 aliphatic rings. The van der Waals surface area contributed by atoms with Crippen molar-refractivity contribution in [1.82, 2.24) is 0 Å². The van der Waals surface area contributed by atoms with Crippen LogP contribution in [0.2, 0.25) is 19.6 Å². The fourth-order valence-electron chi connectivity index (χ4n) is 8.37. The summed E-state index contributed by atoms with van der Waals surface area (Å²) in [5.74, 6) is 0. The van der Waals surface area contributed by atoms with Crippen LogP contribution in [0.25, 0.3) is 43.0 Å². The van der Waals surface area contributed by atoms with E-state index in [0.717, 1.165) is 0 Å². The molecule has 218 valence electrons. The van der Waals surface area contributed by atoms with Gasteiger partial charge in [0.2, 0.25) is 11.2 Å². The van der Waals surface area contributed by atoms with Crippen LogP contribution in [-0.4, -0.2) is 8.07 Å². The van der Waals surface area contributed by atoms with Crippen molar-refractivity contribution in [1.29, 1.82) is 0 Å². The summed E-state index contributed by atoms with van der Waals surface area (Å²) in [6.07, 6.45) is 2.47. The number of pyridine rings is 1. The van der Waals surface area contributed by atoms with Crippen molar-refractivity contribution in [2.45, 2.75) is 117 Å². The van der Waals surface area contributed by atoms with E-state index in [1.54, 1.807) is 15.6 Å². The molecule has 0 spiro atoms. The van der Waals surface area contributed by atoms with Crippen molar-refractivity contribution in [3.8, 4) is 11.3 Å². The van der Waals surface area contributed by atoms with Gasteiger partial charge in [-0.05, 0) is 78.5 Å². The zero-order chi connectivity index (χ0) is 30.4. The quantitative estimate of drug-likeness (QED) is 0.135. The molecule has 2 aromatic heterocycles. The van der Waals surface area contributed by atoms with E-state index < -0.39 is 8.07 Å². The summed E-state index contributed by atoms with van der Waals surface area (Å²) in [7, 11) is -1.65. The van der Waals surface area contributed by atoms with Crippen LogP contribution < -0.4 is 9.75 Å².